The number of aliphatic hydroxyl groups excluding tert-OH is 1. The number of amides is 1. The van der Waals surface area contributed by atoms with E-state index in [1.807, 2.05) is 0 Å². The zero-order valence-corrected chi connectivity index (χ0v) is 18.2. The van der Waals surface area contributed by atoms with Gasteiger partial charge in [-0.1, -0.05) is 6.92 Å². The van der Waals surface area contributed by atoms with Gasteiger partial charge in [0.05, 0.1) is 16.0 Å². The average Bonchev–Trinajstić information content (AvgIpc) is 3.10. The molecule has 11 heteroatoms. The van der Waals surface area contributed by atoms with Gasteiger partial charge in [0.2, 0.25) is 0 Å². The highest BCUT2D eigenvalue weighted by molar-refractivity contribution is 7.90. The number of nitrogens with two attached hydrogens (primary N) is 1. The van der Waals surface area contributed by atoms with Crippen LogP contribution in [-0.4, -0.2) is 37.3 Å². The Morgan fingerprint density at radius 3 is 2.39 bits per heavy atom. The molecule has 1 atom stereocenters. The first-order valence-electron chi connectivity index (χ1n) is 8.98. The molecule has 3 aromatic rings. The van der Waals surface area contributed by atoms with Gasteiger partial charge >= 0.3 is 0 Å². The van der Waals surface area contributed by atoms with Crippen molar-refractivity contribution >= 4 is 37.9 Å². The fourth-order valence-corrected chi connectivity index (χ4v) is 4.48. The molecule has 0 aliphatic rings. The van der Waals surface area contributed by atoms with E-state index < -0.39 is 33.3 Å². The maximum atomic E-state index is 14.7. The second-order valence-electron chi connectivity index (χ2n) is 6.94. The van der Waals surface area contributed by atoms with Crippen LogP contribution in [-0.2, 0) is 9.84 Å². The summed E-state index contributed by atoms with van der Waals surface area (Å²) >= 11 is 0.894. The van der Waals surface area contributed by atoms with Crippen molar-refractivity contribution in [2.24, 2.45) is 5.73 Å². The van der Waals surface area contributed by atoms with E-state index in [1.165, 1.54) is 18.2 Å². The van der Waals surface area contributed by atoms with E-state index in [0.29, 0.717) is 5.56 Å². The van der Waals surface area contributed by atoms with E-state index in [4.69, 9.17) is 5.73 Å². The Labute approximate surface area is 181 Å². The summed E-state index contributed by atoms with van der Waals surface area (Å²) in [5, 5.41) is 12.3. The Morgan fingerprint density at radius 1 is 1.26 bits per heavy atom. The Bertz CT molecular complexity index is 1220. The first-order valence-corrected chi connectivity index (χ1v) is 11.7. The van der Waals surface area contributed by atoms with Gasteiger partial charge in [-0.2, -0.15) is 0 Å². The molecule has 7 nitrogen and oxygen atoms in total. The number of primary amides is 1. The number of sulfone groups is 1. The Kier molecular flexibility index (Phi) is 6.39. The minimum absolute atomic E-state index is 0.000548. The number of nitrogens with zero attached hydrogens (tertiary/aromatic N) is 1. The number of anilines is 2. The highest BCUT2D eigenvalue weighted by Crippen LogP contribution is 2.39. The largest absolute Gasteiger partial charge is 0.396 e. The number of rotatable bonds is 7. The van der Waals surface area contributed by atoms with Gasteiger partial charge in [-0.25, -0.2) is 22.2 Å². The molecular formula is C20H19F2N3O4S2. The van der Waals surface area contributed by atoms with Crippen LogP contribution in [0.1, 0.15) is 28.8 Å². The Balaban J connectivity index is 2.01. The van der Waals surface area contributed by atoms with Crippen LogP contribution in [0.3, 0.4) is 0 Å². The number of pyridine rings is 1. The molecule has 2 heterocycles. The molecule has 0 bridgehead atoms. The van der Waals surface area contributed by atoms with Gasteiger partial charge in [0.1, 0.15) is 22.5 Å². The summed E-state index contributed by atoms with van der Waals surface area (Å²) in [6.07, 6.45) is 2.19. The molecule has 164 valence electrons. The minimum atomic E-state index is -3.43. The lowest BCUT2D eigenvalue weighted by Gasteiger charge is -2.11. The number of hydrogen-bond acceptors (Lipinski definition) is 7. The smallest absolute Gasteiger partial charge is 0.251 e. The maximum Gasteiger partial charge on any atom is 0.251 e. The SMILES string of the molecule is CC(CO)c1cc(F)c(-c2cc(C(N)=O)c(Nc3ccc(S(C)(=O)=O)cn3)s2)c(F)c1. The van der Waals surface area contributed by atoms with E-state index in [-0.39, 0.29) is 38.3 Å². The number of carbonyl (C=O) groups excluding carboxylic acids is 1. The molecule has 0 fully saturated rings. The fraction of sp³-hybridized carbons (Fsp3) is 0.200. The molecule has 3 rings (SSSR count). The summed E-state index contributed by atoms with van der Waals surface area (Å²) in [5.41, 5.74) is 5.39. The minimum Gasteiger partial charge on any atom is -0.396 e. The normalized spacial score (nSPS) is 12.5. The van der Waals surface area contributed by atoms with Crippen molar-refractivity contribution in [2.75, 3.05) is 18.2 Å². The molecule has 2 aromatic heterocycles. The summed E-state index contributed by atoms with van der Waals surface area (Å²) < 4.78 is 52.5. The zero-order valence-electron chi connectivity index (χ0n) is 16.5. The van der Waals surface area contributed by atoms with Crippen LogP contribution in [0.2, 0.25) is 0 Å². The summed E-state index contributed by atoms with van der Waals surface area (Å²) in [5.74, 6) is -2.72. The lowest BCUT2D eigenvalue weighted by Crippen LogP contribution is -2.11. The van der Waals surface area contributed by atoms with E-state index in [2.05, 4.69) is 10.3 Å². The first-order chi connectivity index (χ1) is 14.5. The van der Waals surface area contributed by atoms with Gasteiger partial charge in [-0.15, -0.1) is 11.3 Å². The predicted molar refractivity (Wildman–Crippen MR) is 114 cm³/mol. The second-order valence-corrected chi connectivity index (χ2v) is 10.0. The van der Waals surface area contributed by atoms with E-state index >= 15 is 0 Å². The molecule has 0 saturated heterocycles. The number of nitrogens with one attached hydrogen (secondary N) is 1. The van der Waals surface area contributed by atoms with Crippen LogP contribution in [0.15, 0.2) is 41.4 Å². The van der Waals surface area contributed by atoms with Gasteiger partial charge in [0, 0.05) is 29.9 Å². The molecule has 4 N–H and O–H groups in total. The van der Waals surface area contributed by atoms with E-state index in [9.17, 15) is 27.1 Å². The van der Waals surface area contributed by atoms with Gasteiger partial charge in [0.25, 0.3) is 5.91 Å². The van der Waals surface area contributed by atoms with Gasteiger partial charge in [-0.3, -0.25) is 4.79 Å². The van der Waals surface area contributed by atoms with Crippen molar-refractivity contribution < 1.29 is 27.1 Å². The summed E-state index contributed by atoms with van der Waals surface area (Å²) in [4.78, 5) is 16.0. The van der Waals surface area contributed by atoms with Crippen LogP contribution in [0, 0.1) is 11.6 Å². The first kappa shape index (κ1) is 22.8. The van der Waals surface area contributed by atoms with Gasteiger partial charge in [0.15, 0.2) is 9.84 Å². The molecule has 31 heavy (non-hydrogen) atoms. The van der Waals surface area contributed by atoms with Gasteiger partial charge in [-0.05, 0) is 35.9 Å². The quantitative estimate of drug-likeness (QED) is 0.489. The topological polar surface area (TPSA) is 122 Å². The molecular weight excluding hydrogens is 448 g/mol. The highest BCUT2D eigenvalue weighted by Gasteiger charge is 2.22. The van der Waals surface area contributed by atoms with Crippen molar-refractivity contribution in [1.29, 1.82) is 0 Å². The number of hydrogen-bond donors (Lipinski definition) is 3. The third kappa shape index (κ3) is 4.89. The lowest BCUT2D eigenvalue weighted by molar-refractivity contribution is 0.100. The summed E-state index contributed by atoms with van der Waals surface area (Å²) in [6.45, 7) is 1.37. The van der Waals surface area contributed by atoms with Crippen molar-refractivity contribution in [3.8, 4) is 10.4 Å². The van der Waals surface area contributed by atoms with Crippen LogP contribution < -0.4 is 11.1 Å². The zero-order chi connectivity index (χ0) is 22.9. The fourth-order valence-electron chi connectivity index (χ4n) is 2.80. The molecule has 0 radical (unpaired) electrons. The third-order valence-electron chi connectivity index (χ3n) is 4.56. The lowest BCUT2D eigenvalue weighted by atomic mass is 9.99. The molecule has 1 amide bonds. The number of carbonyl (C=O) groups is 1. The van der Waals surface area contributed by atoms with Crippen molar-refractivity contribution in [3.63, 3.8) is 0 Å². The molecule has 1 aromatic carbocycles. The number of thiophene rings is 1. The van der Waals surface area contributed by atoms with Crippen LogP contribution in [0.4, 0.5) is 19.6 Å². The predicted octanol–water partition coefficient (Wildman–Crippen LogP) is 3.43. The highest BCUT2D eigenvalue weighted by atomic mass is 32.2. The van der Waals surface area contributed by atoms with E-state index in [1.54, 1.807) is 6.92 Å². The Morgan fingerprint density at radius 2 is 1.90 bits per heavy atom. The molecule has 0 saturated carbocycles. The maximum absolute atomic E-state index is 14.7. The summed E-state index contributed by atoms with van der Waals surface area (Å²) in [7, 11) is -3.43. The second kappa shape index (κ2) is 8.69. The molecule has 0 aliphatic heterocycles. The number of aliphatic hydroxyl groups is 1. The molecule has 0 spiro atoms. The number of aromatic nitrogens is 1. The van der Waals surface area contributed by atoms with Crippen LogP contribution in [0.25, 0.3) is 10.4 Å². The van der Waals surface area contributed by atoms with Crippen LogP contribution >= 0.6 is 11.3 Å². The van der Waals surface area contributed by atoms with Crippen molar-refractivity contribution in [3.05, 3.63) is 59.3 Å². The third-order valence-corrected chi connectivity index (χ3v) is 6.72. The van der Waals surface area contributed by atoms with Gasteiger partial charge < -0.3 is 16.2 Å². The molecule has 0 aliphatic carbocycles. The summed E-state index contributed by atoms with van der Waals surface area (Å²) in [6, 6.07) is 6.29. The van der Waals surface area contributed by atoms with Crippen LogP contribution in [0.5, 0.6) is 0 Å². The Hall–Kier alpha value is -2.89. The van der Waals surface area contributed by atoms with Crippen molar-refractivity contribution in [2.45, 2.75) is 17.7 Å². The molecule has 1 unspecified atom stereocenters. The number of benzene rings is 1. The monoisotopic (exact) mass is 467 g/mol. The number of halogens is 2. The van der Waals surface area contributed by atoms with E-state index in [0.717, 1.165) is 35.9 Å². The van der Waals surface area contributed by atoms with Crippen molar-refractivity contribution in [1.82, 2.24) is 4.98 Å². The standard InChI is InChI=1S/C20H19F2N3O4S2/c1-10(9-26)11-5-14(21)18(15(22)6-11)16-7-13(19(23)27)20(30-16)25-17-4-3-12(8-24-17)31(2,28)29/h3-8,10,26H,9H2,1-2H3,(H2,23,27)(H,24,25). The average molecular weight is 468 g/mol.